The van der Waals surface area contributed by atoms with Crippen LogP contribution in [0.2, 0.25) is 0 Å². The summed E-state index contributed by atoms with van der Waals surface area (Å²) in [5.41, 5.74) is 4.02. The number of likely N-dealkylation sites (tertiary alicyclic amines) is 1. The lowest BCUT2D eigenvalue weighted by atomic mass is 10.0. The predicted molar refractivity (Wildman–Crippen MR) is 94.2 cm³/mol. The maximum atomic E-state index is 11.8. The van der Waals surface area contributed by atoms with Crippen molar-refractivity contribution in [3.05, 3.63) is 47.0 Å². The Kier molecular flexibility index (Phi) is 6.40. The van der Waals surface area contributed by atoms with Crippen molar-refractivity contribution in [2.75, 3.05) is 33.3 Å². The van der Waals surface area contributed by atoms with Gasteiger partial charge in [0.25, 0.3) is 0 Å². The summed E-state index contributed by atoms with van der Waals surface area (Å²) in [5, 5.41) is 0. The molecule has 1 aromatic carbocycles. The van der Waals surface area contributed by atoms with Gasteiger partial charge in [-0.1, -0.05) is 35.4 Å². The SMILES string of the molecule is COC(=O)C[N+]1(C/C=C(/C)Cc2ccc(C)cc2)CCCCC1. The Morgan fingerprint density at radius 1 is 1.17 bits per heavy atom. The van der Waals surface area contributed by atoms with Crippen LogP contribution in [0.15, 0.2) is 35.9 Å². The third-order valence-corrected chi connectivity index (χ3v) is 4.89. The molecule has 3 nitrogen and oxygen atoms in total. The Morgan fingerprint density at radius 2 is 1.83 bits per heavy atom. The summed E-state index contributed by atoms with van der Waals surface area (Å²) in [5.74, 6) is -0.0866. The first-order valence-corrected chi connectivity index (χ1v) is 8.66. The molecule has 1 aliphatic heterocycles. The number of benzene rings is 1. The molecule has 2 rings (SSSR count). The fraction of sp³-hybridized carbons (Fsp3) is 0.550. The zero-order chi connectivity index (χ0) is 16.7. The van der Waals surface area contributed by atoms with E-state index in [1.807, 2.05) is 0 Å². The summed E-state index contributed by atoms with van der Waals surface area (Å²) < 4.78 is 5.78. The van der Waals surface area contributed by atoms with Gasteiger partial charge in [0.15, 0.2) is 6.54 Å². The number of carbonyl (C=O) groups excluding carboxylic acids is 1. The van der Waals surface area contributed by atoms with Gasteiger partial charge in [-0.25, -0.2) is 4.79 Å². The molecular formula is C20H30NO2+. The maximum Gasteiger partial charge on any atom is 0.361 e. The summed E-state index contributed by atoms with van der Waals surface area (Å²) in [7, 11) is 1.49. The lowest BCUT2D eigenvalue weighted by Gasteiger charge is -2.40. The molecule has 0 amide bonds. The number of quaternary nitrogens is 1. The van der Waals surface area contributed by atoms with Gasteiger partial charge >= 0.3 is 5.97 Å². The summed E-state index contributed by atoms with van der Waals surface area (Å²) in [6.45, 7) is 7.92. The third kappa shape index (κ3) is 5.51. The Morgan fingerprint density at radius 3 is 2.43 bits per heavy atom. The van der Waals surface area contributed by atoms with E-state index < -0.39 is 0 Å². The highest BCUT2D eigenvalue weighted by Gasteiger charge is 2.31. The van der Waals surface area contributed by atoms with Crippen LogP contribution in [0.3, 0.4) is 0 Å². The van der Waals surface area contributed by atoms with Gasteiger partial charge in [0.05, 0.1) is 26.7 Å². The number of allylic oxidation sites excluding steroid dienone is 1. The van der Waals surface area contributed by atoms with Crippen LogP contribution in [0.4, 0.5) is 0 Å². The molecule has 126 valence electrons. The molecule has 0 spiro atoms. The normalized spacial score (nSPS) is 17.8. The Hall–Kier alpha value is -1.61. The molecular weight excluding hydrogens is 286 g/mol. The molecule has 0 N–H and O–H groups in total. The topological polar surface area (TPSA) is 26.3 Å². The highest BCUT2D eigenvalue weighted by molar-refractivity contribution is 5.70. The van der Waals surface area contributed by atoms with E-state index in [0.717, 1.165) is 30.5 Å². The molecule has 1 aliphatic rings. The third-order valence-electron chi connectivity index (χ3n) is 4.89. The van der Waals surface area contributed by atoms with Gasteiger partial charge in [0.1, 0.15) is 0 Å². The van der Waals surface area contributed by atoms with Gasteiger partial charge in [0, 0.05) is 0 Å². The number of nitrogens with zero attached hydrogens (tertiary/aromatic N) is 1. The number of hydrogen-bond donors (Lipinski definition) is 0. The van der Waals surface area contributed by atoms with Crippen LogP contribution < -0.4 is 0 Å². The second kappa shape index (κ2) is 8.30. The van der Waals surface area contributed by atoms with E-state index in [1.54, 1.807) is 0 Å². The minimum absolute atomic E-state index is 0.0866. The van der Waals surface area contributed by atoms with Gasteiger partial charge in [-0.05, 0) is 51.2 Å². The molecule has 23 heavy (non-hydrogen) atoms. The lowest BCUT2D eigenvalue weighted by Crippen LogP contribution is -2.54. The second-order valence-electron chi connectivity index (χ2n) is 6.98. The van der Waals surface area contributed by atoms with E-state index in [-0.39, 0.29) is 5.97 Å². The van der Waals surface area contributed by atoms with E-state index in [9.17, 15) is 4.79 Å². The van der Waals surface area contributed by atoms with Gasteiger partial charge in [-0.2, -0.15) is 0 Å². The largest absolute Gasteiger partial charge is 0.465 e. The van der Waals surface area contributed by atoms with Gasteiger partial charge < -0.3 is 9.22 Å². The number of rotatable bonds is 6. The van der Waals surface area contributed by atoms with Crippen molar-refractivity contribution in [3.63, 3.8) is 0 Å². The average molecular weight is 316 g/mol. The van der Waals surface area contributed by atoms with Gasteiger partial charge in [0.2, 0.25) is 0 Å². The quantitative estimate of drug-likeness (QED) is 0.455. The minimum atomic E-state index is -0.0866. The first-order chi connectivity index (χ1) is 11.0. The van der Waals surface area contributed by atoms with Crippen LogP contribution in [-0.2, 0) is 16.0 Å². The van der Waals surface area contributed by atoms with E-state index >= 15 is 0 Å². The number of aryl methyl sites for hydroxylation is 1. The fourth-order valence-electron chi connectivity index (χ4n) is 3.38. The van der Waals surface area contributed by atoms with E-state index in [1.165, 1.54) is 43.1 Å². The first-order valence-electron chi connectivity index (χ1n) is 8.66. The minimum Gasteiger partial charge on any atom is -0.465 e. The van der Waals surface area contributed by atoms with Crippen molar-refractivity contribution in [2.45, 2.75) is 39.5 Å². The summed E-state index contributed by atoms with van der Waals surface area (Å²) in [6.07, 6.45) is 7.02. The second-order valence-corrected chi connectivity index (χ2v) is 6.98. The van der Waals surface area contributed by atoms with Crippen molar-refractivity contribution in [1.29, 1.82) is 0 Å². The number of esters is 1. The fourth-order valence-corrected chi connectivity index (χ4v) is 3.38. The van der Waals surface area contributed by atoms with E-state index in [4.69, 9.17) is 4.74 Å². The molecule has 0 saturated carbocycles. The smallest absolute Gasteiger partial charge is 0.361 e. The van der Waals surface area contributed by atoms with Crippen molar-refractivity contribution >= 4 is 5.97 Å². The number of carbonyl (C=O) groups is 1. The highest BCUT2D eigenvalue weighted by Crippen LogP contribution is 2.20. The maximum absolute atomic E-state index is 11.8. The van der Waals surface area contributed by atoms with Crippen molar-refractivity contribution in [3.8, 4) is 0 Å². The van der Waals surface area contributed by atoms with Crippen LogP contribution >= 0.6 is 0 Å². The monoisotopic (exact) mass is 316 g/mol. The molecule has 1 saturated heterocycles. The molecule has 1 heterocycles. The number of methoxy groups -OCH3 is 1. The Labute approximate surface area is 140 Å². The summed E-state index contributed by atoms with van der Waals surface area (Å²) in [4.78, 5) is 11.8. The summed E-state index contributed by atoms with van der Waals surface area (Å²) >= 11 is 0. The molecule has 0 unspecified atom stereocenters. The van der Waals surface area contributed by atoms with Crippen molar-refractivity contribution in [1.82, 2.24) is 0 Å². The lowest BCUT2D eigenvalue weighted by molar-refractivity contribution is -0.920. The standard InChI is InChI=1S/C20H30NO2/c1-17-7-9-19(10-8-17)15-18(2)11-14-21(16-20(22)23-3)12-5-4-6-13-21/h7-11H,4-6,12-16H2,1-3H3/q+1/b18-11-. The Bertz CT molecular complexity index is 539. The predicted octanol–water partition coefficient (Wildman–Crippen LogP) is 3.66. The van der Waals surface area contributed by atoms with Crippen LogP contribution in [-0.4, -0.2) is 43.7 Å². The molecule has 0 aromatic heterocycles. The van der Waals surface area contributed by atoms with Gasteiger partial charge in [-0.3, -0.25) is 0 Å². The molecule has 1 aromatic rings. The number of ether oxygens (including phenoxy) is 1. The van der Waals surface area contributed by atoms with Crippen LogP contribution in [0.1, 0.15) is 37.3 Å². The number of piperidine rings is 1. The van der Waals surface area contributed by atoms with E-state index in [0.29, 0.717) is 6.54 Å². The van der Waals surface area contributed by atoms with Crippen molar-refractivity contribution < 1.29 is 14.0 Å². The molecule has 0 radical (unpaired) electrons. The zero-order valence-electron chi connectivity index (χ0n) is 14.8. The molecule has 0 bridgehead atoms. The Balaban J connectivity index is 2.00. The van der Waals surface area contributed by atoms with Crippen LogP contribution in [0, 0.1) is 6.92 Å². The molecule has 3 heteroatoms. The summed E-state index contributed by atoms with van der Waals surface area (Å²) in [6, 6.07) is 8.73. The molecule has 1 fully saturated rings. The van der Waals surface area contributed by atoms with Crippen molar-refractivity contribution in [2.24, 2.45) is 0 Å². The van der Waals surface area contributed by atoms with Gasteiger partial charge in [-0.15, -0.1) is 0 Å². The zero-order valence-corrected chi connectivity index (χ0v) is 14.8. The van der Waals surface area contributed by atoms with E-state index in [2.05, 4.69) is 44.2 Å². The number of hydrogen-bond acceptors (Lipinski definition) is 2. The average Bonchev–Trinajstić information content (AvgIpc) is 2.56. The van der Waals surface area contributed by atoms with Crippen LogP contribution in [0.5, 0.6) is 0 Å². The molecule has 0 aliphatic carbocycles. The first kappa shape index (κ1) is 17.7. The highest BCUT2D eigenvalue weighted by atomic mass is 16.5. The van der Waals surface area contributed by atoms with Crippen LogP contribution in [0.25, 0.3) is 0 Å². The molecule has 0 atom stereocenters.